The van der Waals surface area contributed by atoms with Crippen LogP contribution >= 0.6 is 0 Å². The molecule has 0 atom stereocenters. The van der Waals surface area contributed by atoms with Crippen molar-refractivity contribution in [2.75, 3.05) is 13.2 Å². The van der Waals surface area contributed by atoms with Gasteiger partial charge in [-0.2, -0.15) is 0 Å². The number of nitrogens with two attached hydrogens (primary N) is 1. The second-order valence-electron chi connectivity index (χ2n) is 6.31. The topological polar surface area (TPSA) is 52.3 Å². The highest BCUT2D eigenvalue weighted by atomic mass is 16.5. The first-order chi connectivity index (χ1) is 9.71. The molecule has 0 unspecified atom stereocenters. The molecule has 0 radical (unpaired) electrons. The van der Waals surface area contributed by atoms with Crippen LogP contribution in [0.4, 0.5) is 0 Å². The molecule has 1 saturated carbocycles. The summed E-state index contributed by atoms with van der Waals surface area (Å²) in [7, 11) is 0. The van der Waals surface area contributed by atoms with Crippen molar-refractivity contribution in [3.05, 3.63) is 29.3 Å². The van der Waals surface area contributed by atoms with Crippen LogP contribution < -0.4 is 10.5 Å². The van der Waals surface area contributed by atoms with Crippen LogP contribution in [0.1, 0.15) is 43.2 Å². The summed E-state index contributed by atoms with van der Waals surface area (Å²) in [4.78, 5) is 12.1. The smallest absolute Gasteiger partial charge is 0.133 e. The molecule has 0 aromatic heterocycles. The van der Waals surface area contributed by atoms with E-state index in [1.54, 1.807) is 0 Å². The van der Waals surface area contributed by atoms with Crippen LogP contribution in [0.5, 0.6) is 5.75 Å². The molecule has 108 valence electrons. The highest BCUT2D eigenvalue weighted by Gasteiger charge is 2.37. The molecular weight excluding hydrogens is 250 g/mol. The van der Waals surface area contributed by atoms with Crippen LogP contribution in [0.25, 0.3) is 0 Å². The zero-order valence-corrected chi connectivity index (χ0v) is 12.0. The molecule has 1 aliphatic carbocycles. The molecule has 3 rings (SSSR count). The first-order valence-electron chi connectivity index (χ1n) is 7.67. The quantitative estimate of drug-likeness (QED) is 0.867. The lowest BCUT2D eigenvalue weighted by Crippen LogP contribution is -2.39. The Morgan fingerprint density at radius 2 is 2.20 bits per heavy atom. The summed E-state index contributed by atoms with van der Waals surface area (Å²) in [5, 5.41) is 0. The second-order valence-corrected chi connectivity index (χ2v) is 6.31. The van der Waals surface area contributed by atoms with E-state index in [0.717, 1.165) is 38.0 Å². The standard InChI is InChI=1S/C17H23NO2/c18-12-17(7-1-8-17)11-15(19)4-2-13-3-5-16-14(10-13)6-9-20-16/h3,5,10H,1-2,4,6-9,11-12,18H2. The third-order valence-corrected chi connectivity index (χ3v) is 4.87. The number of hydrogen-bond acceptors (Lipinski definition) is 3. The number of carbonyl (C=O) groups is 1. The molecule has 1 aromatic rings. The van der Waals surface area contributed by atoms with E-state index in [0.29, 0.717) is 25.2 Å². The van der Waals surface area contributed by atoms with Crippen molar-refractivity contribution in [1.29, 1.82) is 0 Å². The highest BCUT2D eigenvalue weighted by Crippen LogP contribution is 2.43. The lowest BCUT2D eigenvalue weighted by atomic mass is 9.65. The summed E-state index contributed by atoms with van der Waals surface area (Å²) in [6.07, 6.45) is 6.64. The number of hydrogen-bond donors (Lipinski definition) is 1. The average Bonchev–Trinajstić information content (AvgIpc) is 2.88. The predicted octanol–water partition coefficient (Wildman–Crippen LogP) is 2.64. The van der Waals surface area contributed by atoms with Gasteiger partial charge in [-0.25, -0.2) is 0 Å². The molecule has 1 aromatic carbocycles. The van der Waals surface area contributed by atoms with E-state index in [1.807, 2.05) is 6.07 Å². The molecular formula is C17H23NO2. The Bertz CT molecular complexity index is 500. The maximum atomic E-state index is 12.1. The summed E-state index contributed by atoms with van der Waals surface area (Å²) in [5.41, 5.74) is 8.49. The van der Waals surface area contributed by atoms with Crippen molar-refractivity contribution in [3.8, 4) is 5.75 Å². The maximum absolute atomic E-state index is 12.1. The first-order valence-corrected chi connectivity index (χ1v) is 7.67. The van der Waals surface area contributed by atoms with E-state index >= 15 is 0 Å². The van der Waals surface area contributed by atoms with Crippen LogP contribution in [0.2, 0.25) is 0 Å². The van der Waals surface area contributed by atoms with Crippen molar-refractivity contribution in [3.63, 3.8) is 0 Å². The van der Waals surface area contributed by atoms with Crippen molar-refractivity contribution in [2.45, 2.75) is 44.9 Å². The third kappa shape index (κ3) is 2.73. The molecule has 1 aliphatic heterocycles. The van der Waals surface area contributed by atoms with Gasteiger partial charge in [0.25, 0.3) is 0 Å². The van der Waals surface area contributed by atoms with Crippen molar-refractivity contribution in [1.82, 2.24) is 0 Å². The van der Waals surface area contributed by atoms with Gasteiger partial charge >= 0.3 is 0 Å². The first kappa shape index (κ1) is 13.6. The molecule has 1 heterocycles. The van der Waals surface area contributed by atoms with Gasteiger partial charge in [0.05, 0.1) is 6.61 Å². The number of ketones is 1. The van der Waals surface area contributed by atoms with Gasteiger partial charge in [-0.15, -0.1) is 0 Å². The number of aryl methyl sites for hydroxylation is 1. The molecule has 0 spiro atoms. The van der Waals surface area contributed by atoms with E-state index < -0.39 is 0 Å². The summed E-state index contributed by atoms with van der Waals surface area (Å²) < 4.78 is 5.50. The second kappa shape index (κ2) is 5.57. The van der Waals surface area contributed by atoms with Crippen LogP contribution in [0, 0.1) is 5.41 Å². The number of ether oxygens (including phenoxy) is 1. The lowest BCUT2D eigenvalue weighted by Gasteiger charge is -2.40. The zero-order valence-electron chi connectivity index (χ0n) is 12.0. The predicted molar refractivity (Wildman–Crippen MR) is 78.9 cm³/mol. The fourth-order valence-corrected chi connectivity index (χ4v) is 3.32. The minimum Gasteiger partial charge on any atom is -0.493 e. The Labute approximate surface area is 120 Å². The number of Topliss-reactive ketones (excluding diaryl/α,β-unsaturated/α-hetero) is 1. The number of rotatable bonds is 6. The molecule has 3 heteroatoms. The average molecular weight is 273 g/mol. The summed E-state index contributed by atoms with van der Waals surface area (Å²) in [6, 6.07) is 6.31. The zero-order chi connectivity index (χ0) is 14.0. The van der Waals surface area contributed by atoms with Gasteiger partial charge in [0.2, 0.25) is 0 Å². The Kier molecular flexibility index (Phi) is 3.79. The Morgan fingerprint density at radius 1 is 1.35 bits per heavy atom. The minimum atomic E-state index is 0.142. The van der Waals surface area contributed by atoms with Crippen molar-refractivity contribution in [2.24, 2.45) is 11.1 Å². The minimum absolute atomic E-state index is 0.142. The van der Waals surface area contributed by atoms with Gasteiger partial charge in [-0.1, -0.05) is 18.6 Å². The Balaban J connectivity index is 1.53. The van der Waals surface area contributed by atoms with E-state index in [2.05, 4.69) is 12.1 Å². The normalized spacial score (nSPS) is 19.1. The van der Waals surface area contributed by atoms with Gasteiger partial charge in [0.15, 0.2) is 0 Å². The third-order valence-electron chi connectivity index (χ3n) is 4.87. The molecule has 0 saturated heterocycles. The fourth-order valence-electron chi connectivity index (χ4n) is 3.32. The molecule has 2 N–H and O–H groups in total. The summed E-state index contributed by atoms with van der Waals surface area (Å²) in [5.74, 6) is 1.38. The van der Waals surface area contributed by atoms with Crippen LogP contribution in [0.15, 0.2) is 18.2 Å². The van der Waals surface area contributed by atoms with Crippen molar-refractivity contribution >= 4 is 5.78 Å². The van der Waals surface area contributed by atoms with E-state index in [1.165, 1.54) is 17.5 Å². The summed E-state index contributed by atoms with van der Waals surface area (Å²) >= 11 is 0. The maximum Gasteiger partial charge on any atom is 0.133 e. The van der Waals surface area contributed by atoms with Gasteiger partial charge < -0.3 is 10.5 Å². The van der Waals surface area contributed by atoms with Crippen molar-refractivity contribution < 1.29 is 9.53 Å². The fraction of sp³-hybridized carbons (Fsp3) is 0.588. The Hall–Kier alpha value is -1.35. The highest BCUT2D eigenvalue weighted by molar-refractivity contribution is 5.79. The molecule has 1 fully saturated rings. The summed E-state index contributed by atoms with van der Waals surface area (Å²) in [6.45, 7) is 1.45. The van der Waals surface area contributed by atoms with Crippen LogP contribution in [-0.4, -0.2) is 18.9 Å². The number of benzene rings is 1. The van der Waals surface area contributed by atoms with Crippen LogP contribution in [0.3, 0.4) is 0 Å². The van der Waals surface area contributed by atoms with E-state index in [4.69, 9.17) is 10.5 Å². The molecule has 20 heavy (non-hydrogen) atoms. The van der Waals surface area contributed by atoms with Gasteiger partial charge in [-0.05, 0) is 48.4 Å². The molecule has 3 nitrogen and oxygen atoms in total. The number of fused-ring (bicyclic) bond motifs is 1. The SMILES string of the molecule is NCC1(CC(=O)CCc2ccc3c(c2)CCO3)CCC1. The molecule has 0 bridgehead atoms. The number of carbonyl (C=O) groups excluding carboxylic acids is 1. The molecule has 2 aliphatic rings. The lowest BCUT2D eigenvalue weighted by molar-refractivity contribution is -0.122. The van der Waals surface area contributed by atoms with Gasteiger partial charge in [-0.3, -0.25) is 4.79 Å². The van der Waals surface area contributed by atoms with Gasteiger partial charge in [0, 0.05) is 19.3 Å². The van der Waals surface area contributed by atoms with E-state index in [9.17, 15) is 4.79 Å². The van der Waals surface area contributed by atoms with Crippen LogP contribution in [-0.2, 0) is 17.6 Å². The monoisotopic (exact) mass is 273 g/mol. The van der Waals surface area contributed by atoms with E-state index in [-0.39, 0.29) is 5.41 Å². The largest absolute Gasteiger partial charge is 0.493 e. The Morgan fingerprint density at radius 3 is 2.90 bits per heavy atom. The van der Waals surface area contributed by atoms with Gasteiger partial charge in [0.1, 0.15) is 11.5 Å². The molecule has 0 amide bonds.